The van der Waals surface area contributed by atoms with E-state index >= 15 is 0 Å². The van der Waals surface area contributed by atoms with Crippen molar-refractivity contribution in [3.63, 3.8) is 0 Å². The molecule has 0 saturated heterocycles. The third-order valence-electron chi connectivity index (χ3n) is 4.92. The van der Waals surface area contributed by atoms with Crippen molar-refractivity contribution in [3.8, 4) is 0 Å². The number of hydrogen-bond acceptors (Lipinski definition) is 6. The third-order valence-corrected chi connectivity index (χ3v) is 5.47. The minimum absolute atomic E-state index is 0.873. The molecule has 0 unspecified atom stereocenters. The van der Waals surface area contributed by atoms with Crippen molar-refractivity contribution < 1.29 is 0 Å². The maximum atomic E-state index is 4.78. The molecule has 1 rings (SSSR count). The van der Waals surface area contributed by atoms with E-state index in [1.54, 1.807) is 11.8 Å². The van der Waals surface area contributed by atoms with Crippen molar-refractivity contribution in [3.05, 3.63) is 11.8 Å². The average molecular weight is 382 g/mol. The van der Waals surface area contributed by atoms with Crippen molar-refractivity contribution in [2.75, 3.05) is 63.5 Å². The summed E-state index contributed by atoms with van der Waals surface area (Å²) in [6.07, 6.45) is 4.39. The van der Waals surface area contributed by atoms with Crippen LogP contribution in [0.5, 0.6) is 0 Å². The quantitative estimate of drug-likeness (QED) is 0.360. The molecular formula is C20H39N5S. The molecule has 0 saturated carbocycles. The van der Waals surface area contributed by atoms with Crippen molar-refractivity contribution in [2.24, 2.45) is 0 Å². The van der Waals surface area contributed by atoms with E-state index < -0.39 is 0 Å². The Bertz CT molecular complexity index is 471. The van der Waals surface area contributed by atoms with Gasteiger partial charge in [-0.15, -0.1) is 0 Å². The molecule has 1 heterocycles. The minimum Gasteiger partial charge on any atom is -0.356 e. The van der Waals surface area contributed by atoms with Crippen LogP contribution in [0.15, 0.2) is 11.2 Å². The van der Waals surface area contributed by atoms with Gasteiger partial charge < -0.3 is 14.7 Å². The number of nitrogens with zero attached hydrogens (tertiary/aromatic N) is 5. The zero-order chi connectivity index (χ0) is 19.4. The monoisotopic (exact) mass is 381 g/mol. The standard InChI is InChI=1S/C20H39N5S/c1-7-23(8-2)13-11-15-25(16-12-14-24(9-3)10-4)19-17-18(5)21-20(22-19)26-6/h17H,7-16H2,1-6H3. The first kappa shape index (κ1) is 23.2. The maximum absolute atomic E-state index is 4.78. The Labute approximate surface area is 165 Å². The first-order valence-corrected chi connectivity index (χ1v) is 11.4. The summed E-state index contributed by atoms with van der Waals surface area (Å²) in [5, 5.41) is 0.873. The molecule has 6 heteroatoms. The summed E-state index contributed by atoms with van der Waals surface area (Å²) >= 11 is 1.62. The molecule has 26 heavy (non-hydrogen) atoms. The van der Waals surface area contributed by atoms with Crippen LogP contribution in [0, 0.1) is 6.92 Å². The molecule has 0 bridgehead atoms. The topological polar surface area (TPSA) is 35.5 Å². The highest BCUT2D eigenvalue weighted by atomic mass is 32.2. The predicted octanol–water partition coefficient (Wildman–Crippen LogP) is 3.78. The fourth-order valence-corrected chi connectivity index (χ4v) is 3.59. The van der Waals surface area contributed by atoms with Gasteiger partial charge in [-0.2, -0.15) is 0 Å². The fourth-order valence-electron chi connectivity index (χ4n) is 3.17. The molecule has 0 aliphatic carbocycles. The van der Waals surface area contributed by atoms with E-state index in [9.17, 15) is 0 Å². The molecule has 0 aromatic carbocycles. The number of anilines is 1. The second kappa shape index (κ2) is 13.3. The van der Waals surface area contributed by atoms with Crippen molar-refractivity contribution in [2.45, 2.75) is 52.6 Å². The first-order valence-electron chi connectivity index (χ1n) is 10.2. The van der Waals surface area contributed by atoms with E-state index in [2.05, 4.69) is 60.4 Å². The van der Waals surface area contributed by atoms with Crippen LogP contribution in [-0.2, 0) is 0 Å². The van der Waals surface area contributed by atoms with Gasteiger partial charge in [0.2, 0.25) is 0 Å². The van der Waals surface area contributed by atoms with Gasteiger partial charge in [0.05, 0.1) is 0 Å². The van der Waals surface area contributed by atoms with Gasteiger partial charge in [-0.25, -0.2) is 9.97 Å². The van der Waals surface area contributed by atoms with E-state index in [0.717, 1.165) is 69.0 Å². The lowest BCUT2D eigenvalue weighted by atomic mass is 10.2. The molecule has 5 nitrogen and oxygen atoms in total. The van der Waals surface area contributed by atoms with Crippen molar-refractivity contribution in [1.29, 1.82) is 0 Å². The Balaban J connectivity index is 2.75. The zero-order valence-electron chi connectivity index (χ0n) is 17.8. The second-order valence-corrected chi connectivity index (χ2v) is 7.38. The summed E-state index contributed by atoms with van der Waals surface area (Å²) in [5.41, 5.74) is 1.05. The van der Waals surface area contributed by atoms with Crippen LogP contribution in [0.25, 0.3) is 0 Å². The van der Waals surface area contributed by atoms with Crippen molar-refractivity contribution in [1.82, 2.24) is 19.8 Å². The molecule has 0 radical (unpaired) electrons. The smallest absolute Gasteiger partial charge is 0.189 e. The Morgan fingerprint density at radius 2 is 1.31 bits per heavy atom. The highest BCUT2D eigenvalue weighted by molar-refractivity contribution is 7.98. The summed E-state index contributed by atoms with van der Waals surface area (Å²) < 4.78 is 0. The Kier molecular flexibility index (Phi) is 11.9. The number of aromatic nitrogens is 2. The molecule has 0 spiro atoms. The first-order chi connectivity index (χ1) is 12.6. The van der Waals surface area contributed by atoms with E-state index in [4.69, 9.17) is 4.98 Å². The van der Waals surface area contributed by atoms with Gasteiger partial charge in [-0.3, -0.25) is 0 Å². The van der Waals surface area contributed by atoms with Crippen LogP contribution in [-0.4, -0.2) is 78.4 Å². The number of hydrogen-bond donors (Lipinski definition) is 0. The highest BCUT2D eigenvalue weighted by Crippen LogP contribution is 2.18. The molecule has 0 aliphatic heterocycles. The van der Waals surface area contributed by atoms with E-state index in [1.807, 2.05) is 6.26 Å². The Morgan fingerprint density at radius 1 is 0.808 bits per heavy atom. The molecule has 1 aromatic rings. The zero-order valence-corrected chi connectivity index (χ0v) is 18.6. The second-order valence-electron chi connectivity index (χ2n) is 6.60. The van der Waals surface area contributed by atoms with Crippen LogP contribution in [0.1, 0.15) is 46.2 Å². The van der Waals surface area contributed by atoms with Crippen LogP contribution in [0.4, 0.5) is 5.82 Å². The molecule has 150 valence electrons. The highest BCUT2D eigenvalue weighted by Gasteiger charge is 2.12. The van der Waals surface area contributed by atoms with Crippen LogP contribution in [0.3, 0.4) is 0 Å². The number of thioether (sulfide) groups is 1. The summed E-state index contributed by atoms with van der Waals surface area (Å²) in [6, 6.07) is 2.13. The minimum atomic E-state index is 0.873. The number of aryl methyl sites for hydroxylation is 1. The van der Waals surface area contributed by atoms with E-state index in [1.165, 1.54) is 12.8 Å². The third kappa shape index (κ3) is 8.23. The van der Waals surface area contributed by atoms with Gasteiger partial charge in [0.25, 0.3) is 0 Å². The molecule has 0 fully saturated rings. The van der Waals surface area contributed by atoms with Crippen molar-refractivity contribution >= 4 is 17.6 Å². The number of rotatable bonds is 14. The maximum Gasteiger partial charge on any atom is 0.189 e. The lowest BCUT2D eigenvalue weighted by molar-refractivity contribution is 0.294. The van der Waals surface area contributed by atoms with E-state index in [-0.39, 0.29) is 0 Å². The molecule has 0 atom stereocenters. The Morgan fingerprint density at radius 3 is 1.73 bits per heavy atom. The van der Waals surface area contributed by atoms with Crippen LogP contribution < -0.4 is 4.90 Å². The fraction of sp³-hybridized carbons (Fsp3) is 0.800. The van der Waals surface area contributed by atoms with Gasteiger partial charge in [-0.05, 0) is 65.3 Å². The van der Waals surface area contributed by atoms with Gasteiger partial charge in [-0.1, -0.05) is 39.5 Å². The normalized spacial score (nSPS) is 11.5. The molecule has 1 aromatic heterocycles. The van der Waals surface area contributed by atoms with Gasteiger partial charge in [0, 0.05) is 24.8 Å². The summed E-state index contributed by atoms with van der Waals surface area (Å²) in [4.78, 5) is 16.7. The Hall–Kier alpha value is -0.850. The van der Waals surface area contributed by atoms with Gasteiger partial charge >= 0.3 is 0 Å². The summed E-state index contributed by atoms with van der Waals surface area (Å²) in [6.45, 7) is 19.9. The van der Waals surface area contributed by atoms with E-state index in [0.29, 0.717) is 0 Å². The molecule has 0 N–H and O–H groups in total. The predicted molar refractivity (Wildman–Crippen MR) is 116 cm³/mol. The van der Waals surface area contributed by atoms with Crippen LogP contribution in [0.2, 0.25) is 0 Å². The molecule has 0 aliphatic rings. The lowest BCUT2D eigenvalue weighted by Crippen LogP contribution is -2.33. The SMILES string of the molecule is CCN(CC)CCCN(CCCN(CC)CC)c1cc(C)nc(SC)n1. The van der Waals surface area contributed by atoms with Gasteiger partial charge in [0.1, 0.15) is 5.82 Å². The average Bonchev–Trinajstić information content (AvgIpc) is 2.66. The lowest BCUT2D eigenvalue weighted by Gasteiger charge is -2.27. The summed E-state index contributed by atoms with van der Waals surface area (Å²) in [7, 11) is 0. The van der Waals surface area contributed by atoms with Crippen LogP contribution >= 0.6 is 11.8 Å². The molecule has 0 amide bonds. The molecular weight excluding hydrogens is 342 g/mol. The van der Waals surface area contributed by atoms with Gasteiger partial charge in [0.15, 0.2) is 5.16 Å². The largest absolute Gasteiger partial charge is 0.356 e. The summed E-state index contributed by atoms with van der Waals surface area (Å²) in [5.74, 6) is 1.08.